The van der Waals surface area contributed by atoms with Gasteiger partial charge >= 0.3 is 5.97 Å². The SMILES string of the molecule is O=C(O)C1COCCCN1Cc1ccccc1. The van der Waals surface area contributed by atoms with Gasteiger partial charge in [0.25, 0.3) is 0 Å². The number of hydrogen-bond acceptors (Lipinski definition) is 3. The molecule has 1 aliphatic rings. The summed E-state index contributed by atoms with van der Waals surface area (Å²) in [5, 5.41) is 9.19. The summed E-state index contributed by atoms with van der Waals surface area (Å²) in [6.07, 6.45) is 0.886. The number of rotatable bonds is 3. The van der Waals surface area contributed by atoms with Gasteiger partial charge in [-0.05, 0) is 12.0 Å². The van der Waals surface area contributed by atoms with Gasteiger partial charge in [0, 0.05) is 19.7 Å². The van der Waals surface area contributed by atoms with E-state index >= 15 is 0 Å². The van der Waals surface area contributed by atoms with Crippen molar-refractivity contribution in [1.82, 2.24) is 4.90 Å². The van der Waals surface area contributed by atoms with Crippen LogP contribution in [0.3, 0.4) is 0 Å². The molecular weight excluding hydrogens is 218 g/mol. The molecule has 2 rings (SSSR count). The maximum atomic E-state index is 11.2. The number of nitrogens with zero attached hydrogens (tertiary/aromatic N) is 1. The number of carboxylic acids is 1. The molecule has 1 saturated heterocycles. The van der Waals surface area contributed by atoms with E-state index in [1.807, 2.05) is 35.2 Å². The summed E-state index contributed by atoms with van der Waals surface area (Å²) < 4.78 is 5.31. The Hall–Kier alpha value is -1.39. The van der Waals surface area contributed by atoms with E-state index in [1.165, 1.54) is 0 Å². The minimum absolute atomic E-state index is 0.280. The number of hydrogen-bond donors (Lipinski definition) is 1. The number of ether oxygens (including phenoxy) is 1. The fourth-order valence-corrected chi connectivity index (χ4v) is 2.06. The van der Waals surface area contributed by atoms with E-state index in [0.717, 1.165) is 18.5 Å². The van der Waals surface area contributed by atoms with Gasteiger partial charge in [-0.3, -0.25) is 9.69 Å². The van der Waals surface area contributed by atoms with Crippen molar-refractivity contribution >= 4 is 5.97 Å². The zero-order chi connectivity index (χ0) is 12.1. The Kier molecular flexibility index (Phi) is 4.12. The number of aliphatic carboxylic acids is 1. The summed E-state index contributed by atoms with van der Waals surface area (Å²) in [5.74, 6) is -0.803. The van der Waals surface area contributed by atoms with Crippen LogP contribution in [0.25, 0.3) is 0 Å². The van der Waals surface area contributed by atoms with Crippen molar-refractivity contribution < 1.29 is 14.6 Å². The zero-order valence-electron chi connectivity index (χ0n) is 9.71. The van der Waals surface area contributed by atoms with Crippen LogP contribution < -0.4 is 0 Å². The molecule has 1 fully saturated rings. The molecule has 0 saturated carbocycles. The van der Waals surface area contributed by atoms with E-state index in [0.29, 0.717) is 13.2 Å². The maximum absolute atomic E-state index is 11.2. The Bertz CT molecular complexity index is 366. The fraction of sp³-hybridized carbons (Fsp3) is 0.462. The van der Waals surface area contributed by atoms with Crippen molar-refractivity contribution in [3.8, 4) is 0 Å². The number of carboxylic acid groups (broad SMARTS) is 1. The molecule has 0 aliphatic carbocycles. The zero-order valence-corrected chi connectivity index (χ0v) is 9.71. The molecule has 0 aromatic heterocycles. The largest absolute Gasteiger partial charge is 0.480 e. The van der Waals surface area contributed by atoms with Crippen LogP contribution in [0.15, 0.2) is 30.3 Å². The van der Waals surface area contributed by atoms with E-state index in [4.69, 9.17) is 4.74 Å². The second-order valence-corrected chi connectivity index (χ2v) is 4.24. The Balaban J connectivity index is 2.07. The van der Waals surface area contributed by atoms with Gasteiger partial charge in [0.15, 0.2) is 0 Å². The van der Waals surface area contributed by atoms with Gasteiger partial charge in [-0.1, -0.05) is 30.3 Å². The highest BCUT2D eigenvalue weighted by atomic mass is 16.5. The lowest BCUT2D eigenvalue weighted by atomic mass is 10.1. The Morgan fingerprint density at radius 3 is 2.88 bits per heavy atom. The second kappa shape index (κ2) is 5.80. The average Bonchev–Trinajstić information content (AvgIpc) is 2.56. The molecule has 1 unspecified atom stereocenters. The minimum atomic E-state index is -0.803. The van der Waals surface area contributed by atoms with Crippen molar-refractivity contribution in [2.24, 2.45) is 0 Å². The second-order valence-electron chi connectivity index (χ2n) is 4.24. The predicted molar refractivity (Wildman–Crippen MR) is 63.7 cm³/mol. The molecule has 0 spiro atoms. The Labute approximate surface area is 101 Å². The summed E-state index contributed by atoms with van der Waals surface area (Å²) in [6.45, 7) is 2.37. The molecule has 1 aliphatic heterocycles. The molecular formula is C13H17NO3. The van der Waals surface area contributed by atoms with Gasteiger partial charge in [0.2, 0.25) is 0 Å². The third kappa shape index (κ3) is 3.28. The van der Waals surface area contributed by atoms with Crippen LogP contribution in [0.5, 0.6) is 0 Å². The monoisotopic (exact) mass is 235 g/mol. The lowest BCUT2D eigenvalue weighted by Gasteiger charge is -2.25. The van der Waals surface area contributed by atoms with Gasteiger partial charge in [-0.2, -0.15) is 0 Å². The average molecular weight is 235 g/mol. The standard InChI is InChI=1S/C13H17NO3/c15-13(16)12-10-17-8-4-7-14(12)9-11-5-2-1-3-6-11/h1-3,5-6,12H,4,7-10H2,(H,15,16). The molecule has 92 valence electrons. The van der Waals surface area contributed by atoms with Crippen molar-refractivity contribution in [3.05, 3.63) is 35.9 Å². The van der Waals surface area contributed by atoms with E-state index in [9.17, 15) is 9.90 Å². The molecule has 1 N–H and O–H groups in total. The Morgan fingerprint density at radius 2 is 2.18 bits per heavy atom. The van der Waals surface area contributed by atoms with Crippen LogP contribution in [0.2, 0.25) is 0 Å². The first-order valence-corrected chi connectivity index (χ1v) is 5.86. The molecule has 1 atom stereocenters. The smallest absolute Gasteiger partial charge is 0.323 e. The lowest BCUT2D eigenvalue weighted by Crippen LogP contribution is -2.42. The van der Waals surface area contributed by atoms with E-state index in [2.05, 4.69) is 0 Å². The third-order valence-corrected chi connectivity index (χ3v) is 2.96. The first kappa shape index (κ1) is 12.1. The fourth-order valence-electron chi connectivity index (χ4n) is 2.06. The number of carbonyl (C=O) groups is 1. The van der Waals surface area contributed by atoms with Gasteiger partial charge in [0.1, 0.15) is 6.04 Å². The molecule has 4 nitrogen and oxygen atoms in total. The highest BCUT2D eigenvalue weighted by Gasteiger charge is 2.27. The van der Waals surface area contributed by atoms with Crippen LogP contribution in [0.4, 0.5) is 0 Å². The molecule has 0 radical (unpaired) electrons. The normalized spacial score (nSPS) is 22.0. The van der Waals surface area contributed by atoms with Crippen LogP contribution in [-0.2, 0) is 16.1 Å². The van der Waals surface area contributed by atoms with Gasteiger partial charge in [-0.25, -0.2) is 0 Å². The Morgan fingerprint density at radius 1 is 1.41 bits per heavy atom. The van der Waals surface area contributed by atoms with Crippen LogP contribution in [0, 0.1) is 0 Å². The summed E-state index contributed by atoms with van der Waals surface area (Å²) in [7, 11) is 0. The maximum Gasteiger partial charge on any atom is 0.323 e. The van der Waals surface area contributed by atoms with Crippen LogP contribution >= 0.6 is 0 Å². The summed E-state index contributed by atoms with van der Waals surface area (Å²) in [6, 6.07) is 9.41. The van der Waals surface area contributed by atoms with Crippen molar-refractivity contribution in [2.45, 2.75) is 19.0 Å². The first-order chi connectivity index (χ1) is 8.27. The molecule has 17 heavy (non-hydrogen) atoms. The highest BCUT2D eigenvalue weighted by molar-refractivity contribution is 5.73. The molecule has 0 amide bonds. The first-order valence-electron chi connectivity index (χ1n) is 5.86. The van der Waals surface area contributed by atoms with Gasteiger partial charge < -0.3 is 9.84 Å². The predicted octanol–water partition coefficient (Wildman–Crippen LogP) is 1.36. The number of benzene rings is 1. The van der Waals surface area contributed by atoms with Crippen LogP contribution in [0.1, 0.15) is 12.0 Å². The lowest BCUT2D eigenvalue weighted by molar-refractivity contribution is -0.145. The molecule has 4 heteroatoms. The topological polar surface area (TPSA) is 49.8 Å². The van der Waals surface area contributed by atoms with E-state index in [-0.39, 0.29) is 6.61 Å². The quantitative estimate of drug-likeness (QED) is 0.859. The molecule has 1 aromatic carbocycles. The van der Waals surface area contributed by atoms with Crippen molar-refractivity contribution in [1.29, 1.82) is 0 Å². The molecule has 1 heterocycles. The van der Waals surface area contributed by atoms with E-state index in [1.54, 1.807) is 0 Å². The van der Waals surface area contributed by atoms with Crippen LogP contribution in [-0.4, -0.2) is 41.8 Å². The van der Waals surface area contributed by atoms with Crippen molar-refractivity contribution in [3.63, 3.8) is 0 Å². The summed E-state index contributed by atoms with van der Waals surface area (Å²) in [5.41, 5.74) is 1.14. The summed E-state index contributed by atoms with van der Waals surface area (Å²) in [4.78, 5) is 13.2. The van der Waals surface area contributed by atoms with Crippen molar-refractivity contribution in [2.75, 3.05) is 19.8 Å². The third-order valence-electron chi connectivity index (χ3n) is 2.96. The molecule has 0 bridgehead atoms. The summed E-state index contributed by atoms with van der Waals surface area (Å²) >= 11 is 0. The highest BCUT2D eigenvalue weighted by Crippen LogP contribution is 2.12. The molecule has 1 aromatic rings. The minimum Gasteiger partial charge on any atom is -0.480 e. The van der Waals surface area contributed by atoms with E-state index < -0.39 is 12.0 Å². The van der Waals surface area contributed by atoms with Gasteiger partial charge in [-0.15, -0.1) is 0 Å². The van der Waals surface area contributed by atoms with Gasteiger partial charge in [0.05, 0.1) is 6.61 Å².